The second kappa shape index (κ2) is 8.19. The lowest BCUT2D eigenvalue weighted by Gasteiger charge is -2.37. The first kappa shape index (κ1) is 16.9. The summed E-state index contributed by atoms with van der Waals surface area (Å²) in [6, 6.07) is 0. The Morgan fingerprint density at radius 1 is 1.26 bits per heavy atom. The van der Waals surface area contributed by atoms with Crippen molar-refractivity contribution in [1.29, 1.82) is 0 Å². The molecular weight excluding hydrogens is 264 g/mol. The predicted octanol–water partition coefficient (Wildman–Crippen LogP) is 1.21. The lowest BCUT2D eigenvalue weighted by molar-refractivity contribution is 0.0758. The number of rotatable bonds is 10. The van der Waals surface area contributed by atoms with E-state index in [9.17, 15) is 8.42 Å². The molecule has 0 aromatic carbocycles. The highest BCUT2D eigenvalue weighted by Gasteiger charge is 2.35. The van der Waals surface area contributed by atoms with Crippen LogP contribution in [-0.2, 0) is 14.8 Å². The molecule has 1 heterocycles. The van der Waals surface area contributed by atoms with Crippen molar-refractivity contribution in [2.75, 3.05) is 32.8 Å². The van der Waals surface area contributed by atoms with Crippen LogP contribution < -0.4 is 4.72 Å². The van der Waals surface area contributed by atoms with E-state index in [2.05, 4.69) is 16.5 Å². The zero-order chi connectivity index (χ0) is 14.3. The van der Waals surface area contributed by atoms with E-state index >= 15 is 0 Å². The summed E-state index contributed by atoms with van der Waals surface area (Å²) in [5.41, 5.74) is 0. The van der Waals surface area contributed by atoms with Gasteiger partial charge in [0.05, 0.1) is 6.10 Å². The fourth-order valence-electron chi connectivity index (χ4n) is 2.03. The third-order valence-electron chi connectivity index (χ3n) is 3.39. The molecule has 19 heavy (non-hydrogen) atoms. The molecule has 0 bridgehead atoms. The van der Waals surface area contributed by atoms with E-state index in [-0.39, 0.29) is 11.4 Å². The number of nitrogens with one attached hydrogen (secondary N) is 1. The van der Waals surface area contributed by atoms with Gasteiger partial charge in [-0.1, -0.05) is 6.92 Å². The molecule has 0 aromatic heterocycles. The summed E-state index contributed by atoms with van der Waals surface area (Å²) in [6.07, 6.45) is 3.15. The molecule has 0 aromatic rings. The Bertz CT molecular complexity index is 338. The lowest BCUT2D eigenvalue weighted by atomic mass is 10.2. The first-order valence-electron chi connectivity index (χ1n) is 7.28. The van der Waals surface area contributed by atoms with Crippen LogP contribution in [0.3, 0.4) is 0 Å². The number of unbranched alkanes of at least 4 members (excludes halogenated alkanes) is 2. The summed E-state index contributed by atoms with van der Waals surface area (Å²) >= 11 is 0. The Labute approximate surface area is 117 Å². The van der Waals surface area contributed by atoms with E-state index in [0.29, 0.717) is 19.6 Å². The van der Waals surface area contributed by atoms with Crippen LogP contribution in [0.15, 0.2) is 0 Å². The summed E-state index contributed by atoms with van der Waals surface area (Å²) < 4.78 is 31.9. The minimum atomic E-state index is -3.10. The van der Waals surface area contributed by atoms with Crippen molar-refractivity contribution in [2.45, 2.75) is 51.4 Å². The maximum absolute atomic E-state index is 11.9. The summed E-state index contributed by atoms with van der Waals surface area (Å²) in [6.45, 7) is 9.68. The standard InChI is InChI=1S/C13H28N2O3S/c1-4-15-10-13(11-15)19(16,17)14-8-6-5-7-9-18-12(2)3/h12-14H,4-11H2,1-3H3. The first-order valence-corrected chi connectivity index (χ1v) is 8.82. The van der Waals surface area contributed by atoms with E-state index in [1.54, 1.807) is 0 Å². The molecule has 0 amide bonds. The molecule has 1 aliphatic heterocycles. The molecule has 0 atom stereocenters. The molecule has 0 aliphatic carbocycles. The number of likely N-dealkylation sites (tertiary alicyclic amines) is 1. The van der Waals surface area contributed by atoms with E-state index in [1.807, 2.05) is 13.8 Å². The number of hydrogen-bond donors (Lipinski definition) is 1. The number of sulfonamides is 1. The van der Waals surface area contributed by atoms with Crippen LogP contribution in [0.1, 0.15) is 40.0 Å². The van der Waals surface area contributed by atoms with Gasteiger partial charge in [0.15, 0.2) is 0 Å². The quantitative estimate of drug-likeness (QED) is 0.615. The molecule has 6 heteroatoms. The Morgan fingerprint density at radius 2 is 1.95 bits per heavy atom. The van der Waals surface area contributed by atoms with E-state index in [0.717, 1.165) is 32.4 Å². The highest BCUT2D eigenvalue weighted by Crippen LogP contribution is 2.14. The Morgan fingerprint density at radius 3 is 2.53 bits per heavy atom. The topological polar surface area (TPSA) is 58.6 Å². The minimum Gasteiger partial charge on any atom is -0.379 e. The minimum absolute atomic E-state index is 0.211. The first-order chi connectivity index (χ1) is 8.95. The Hall–Kier alpha value is -0.170. The average molecular weight is 292 g/mol. The Balaban J connectivity index is 2.03. The molecule has 1 N–H and O–H groups in total. The molecule has 0 unspecified atom stereocenters. The maximum atomic E-state index is 11.9. The van der Waals surface area contributed by atoms with Gasteiger partial charge < -0.3 is 9.64 Å². The molecule has 114 valence electrons. The third kappa shape index (κ3) is 6.21. The van der Waals surface area contributed by atoms with E-state index in [4.69, 9.17) is 4.74 Å². The zero-order valence-electron chi connectivity index (χ0n) is 12.4. The summed E-state index contributed by atoms with van der Waals surface area (Å²) in [5.74, 6) is 0. The van der Waals surface area contributed by atoms with Crippen molar-refractivity contribution >= 4 is 10.0 Å². The molecule has 0 spiro atoms. The van der Waals surface area contributed by atoms with E-state index < -0.39 is 10.0 Å². The summed E-state index contributed by atoms with van der Waals surface area (Å²) in [7, 11) is -3.10. The zero-order valence-corrected chi connectivity index (χ0v) is 13.2. The van der Waals surface area contributed by atoms with Crippen molar-refractivity contribution < 1.29 is 13.2 Å². The summed E-state index contributed by atoms with van der Waals surface area (Å²) in [4.78, 5) is 2.13. The number of ether oxygens (including phenoxy) is 1. The highest BCUT2D eigenvalue weighted by atomic mass is 32.2. The normalized spacial score (nSPS) is 17.9. The van der Waals surface area contributed by atoms with Crippen molar-refractivity contribution in [3.8, 4) is 0 Å². The van der Waals surface area contributed by atoms with Gasteiger partial charge in [-0.3, -0.25) is 0 Å². The smallest absolute Gasteiger partial charge is 0.217 e. The molecule has 1 fully saturated rings. The van der Waals surface area contributed by atoms with Gasteiger partial charge in [-0.05, 0) is 39.7 Å². The molecule has 1 aliphatic rings. The molecule has 1 saturated heterocycles. The average Bonchev–Trinajstić information content (AvgIpc) is 2.25. The number of hydrogen-bond acceptors (Lipinski definition) is 4. The van der Waals surface area contributed by atoms with Gasteiger partial charge in [-0.25, -0.2) is 13.1 Å². The highest BCUT2D eigenvalue weighted by molar-refractivity contribution is 7.90. The molecular formula is C13H28N2O3S. The van der Waals surface area contributed by atoms with Gasteiger partial charge in [-0.2, -0.15) is 0 Å². The van der Waals surface area contributed by atoms with Crippen molar-refractivity contribution in [2.24, 2.45) is 0 Å². The molecule has 1 rings (SSSR count). The van der Waals surface area contributed by atoms with Crippen LogP contribution in [0.25, 0.3) is 0 Å². The van der Waals surface area contributed by atoms with Gasteiger partial charge in [0.2, 0.25) is 10.0 Å². The van der Waals surface area contributed by atoms with Crippen molar-refractivity contribution in [3.63, 3.8) is 0 Å². The van der Waals surface area contributed by atoms with Crippen LogP contribution in [0.4, 0.5) is 0 Å². The van der Waals surface area contributed by atoms with Crippen molar-refractivity contribution in [1.82, 2.24) is 9.62 Å². The van der Waals surface area contributed by atoms with Crippen LogP contribution in [0.2, 0.25) is 0 Å². The summed E-state index contributed by atoms with van der Waals surface area (Å²) in [5, 5.41) is -0.211. The van der Waals surface area contributed by atoms with E-state index in [1.165, 1.54) is 0 Å². The molecule has 5 nitrogen and oxygen atoms in total. The maximum Gasteiger partial charge on any atom is 0.217 e. The monoisotopic (exact) mass is 292 g/mol. The fraction of sp³-hybridized carbons (Fsp3) is 1.00. The predicted molar refractivity (Wildman–Crippen MR) is 77.8 cm³/mol. The molecule has 0 radical (unpaired) electrons. The van der Waals surface area contributed by atoms with Gasteiger partial charge in [0.1, 0.15) is 5.25 Å². The second-order valence-electron chi connectivity index (χ2n) is 5.39. The lowest BCUT2D eigenvalue weighted by Crippen LogP contribution is -2.57. The third-order valence-corrected chi connectivity index (χ3v) is 5.17. The molecule has 0 saturated carbocycles. The number of nitrogens with zero attached hydrogens (tertiary/aromatic N) is 1. The second-order valence-corrected chi connectivity index (χ2v) is 7.44. The van der Waals surface area contributed by atoms with Crippen LogP contribution in [0, 0.1) is 0 Å². The fourth-order valence-corrected chi connectivity index (χ4v) is 3.51. The largest absolute Gasteiger partial charge is 0.379 e. The van der Waals surface area contributed by atoms with Gasteiger partial charge in [-0.15, -0.1) is 0 Å². The Kier molecular flexibility index (Phi) is 7.28. The van der Waals surface area contributed by atoms with Gasteiger partial charge >= 0.3 is 0 Å². The van der Waals surface area contributed by atoms with Crippen molar-refractivity contribution in [3.05, 3.63) is 0 Å². The van der Waals surface area contributed by atoms with Crippen LogP contribution in [0.5, 0.6) is 0 Å². The van der Waals surface area contributed by atoms with Crippen LogP contribution in [-0.4, -0.2) is 57.5 Å². The van der Waals surface area contributed by atoms with Gasteiger partial charge in [0.25, 0.3) is 0 Å². The van der Waals surface area contributed by atoms with Gasteiger partial charge in [0, 0.05) is 26.2 Å². The SMILES string of the molecule is CCN1CC(S(=O)(=O)NCCCCCOC(C)C)C1. The van der Waals surface area contributed by atoms with Crippen LogP contribution >= 0.6 is 0 Å².